The van der Waals surface area contributed by atoms with Gasteiger partial charge in [-0.2, -0.15) is 0 Å². The van der Waals surface area contributed by atoms with Gasteiger partial charge in [0.25, 0.3) is 11.8 Å². The highest BCUT2D eigenvalue weighted by molar-refractivity contribution is 9.10. The molecule has 1 fully saturated rings. The van der Waals surface area contributed by atoms with Crippen LogP contribution in [0.2, 0.25) is 0 Å². The number of carbonyl (C=O) groups excluding carboxylic acids is 3. The SMILES string of the molecule is NCC1CCCC1NC(=O)CN1C(=O)c2ccc(Br)cc2C1=O. The van der Waals surface area contributed by atoms with Crippen LogP contribution in [0.5, 0.6) is 0 Å². The van der Waals surface area contributed by atoms with Gasteiger partial charge in [-0.1, -0.05) is 22.4 Å². The van der Waals surface area contributed by atoms with Crippen LogP contribution >= 0.6 is 15.9 Å². The van der Waals surface area contributed by atoms with Gasteiger partial charge >= 0.3 is 0 Å². The van der Waals surface area contributed by atoms with Gasteiger partial charge in [-0.15, -0.1) is 0 Å². The van der Waals surface area contributed by atoms with Crippen LogP contribution in [0.3, 0.4) is 0 Å². The molecule has 1 aromatic rings. The van der Waals surface area contributed by atoms with Gasteiger partial charge in [0.2, 0.25) is 5.91 Å². The maximum atomic E-state index is 12.3. The van der Waals surface area contributed by atoms with Crippen molar-refractivity contribution >= 4 is 33.7 Å². The Morgan fingerprint density at radius 2 is 2.00 bits per heavy atom. The predicted molar refractivity (Wildman–Crippen MR) is 87.8 cm³/mol. The molecule has 0 radical (unpaired) electrons. The molecule has 3 rings (SSSR count). The molecule has 2 unspecified atom stereocenters. The molecule has 0 spiro atoms. The molecule has 1 aliphatic heterocycles. The fraction of sp³-hybridized carbons (Fsp3) is 0.438. The number of hydrogen-bond donors (Lipinski definition) is 2. The molecule has 2 aliphatic rings. The molecule has 2 atom stereocenters. The Hall–Kier alpha value is -1.73. The van der Waals surface area contributed by atoms with E-state index in [1.165, 1.54) is 0 Å². The van der Waals surface area contributed by atoms with Gasteiger partial charge in [0.05, 0.1) is 11.1 Å². The summed E-state index contributed by atoms with van der Waals surface area (Å²) in [5, 5.41) is 2.91. The van der Waals surface area contributed by atoms with Gasteiger partial charge in [-0.05, 0) is 43.5 Å². The summed E-state index contributed by atoms with van der Waals surface area (Å²) in [4.78, 5) is 37.9. The first kappa shape index (κ1) is 16.1. The van der Waals surface area contributed by atoms with Crippen LogP contribution in [-0.4, -0.2) is 41.8 Å². The van der Waals surface area contributed by atoms with Gasteiger partial charge in [0.1, 0.15) is 6.54 Å². The van der Waals surface area contributed by atoms with Crippen molar-refractivity contribution in [1.82, 2.24) is 10.2 Å². The third-order valence-electron chi connectivity index (χ3n) is 4.54. The summed E-state index contributed by atoms with van der Waals surface area (Å²) in [7, 11) is 0. The number of amides is 3. The second-order valence-corrected chi connectivity index (χ2v) is 6.90. The van der Waals surface area contributed by atoms with E-state index in [4.69, 9.17) is 5.73 Å². The zero-order valence-corrected chi connectivity index (χ0v) is 14.1. The Kier molecular flexibility index (Phi) is 4.50. The minimum atomic E-state index is -0.428. The molecule has 7 heteroatoms. The number of benzene rings is 1. The second kappa shape index (κ2) is 6.41. The van der Waals surface area contributed by atoms with E-state index in [-0.39, 0.29) is 24.4 Å². The van der Waals surface area contributed by atoms with E-state index in [2.05, 4.69) is 21.2 Å². The molecular weight excluding hydrogens is 362 g/mol. The normalized spacial score (nSPS) is 23.3. The summed E-state index contributed by atoms with van der Waals surface area (Å²) in [6, 6.07) is 4.95. The van der Waals surface area contributed by atoms with Gasteiger partial charge in [0, 0.05) is 10.5 Å². The van der Waals surface area contributed by atoms with Gasteiger partial charge < -0.3 is 11.1 Å². The maximum absolute atomic E-state index is 12.3. The van der Waals surface area contributed by atoms with Crippen LogP contribution in [0.4, 0.5) is 0 Å². The number of rotatable bonds is 4. The van der Waals surface area contributed by atoms with E-state index in [9.17, 15) is 14.4 Å². The lowest BCUT2D eigenvalue weighted by Gasteiger charge is -2.21. The average Bonchev–Trinajstić information content (AvgIpc) is 3.06. The summed E-state index contributed by atoms with van der Waals surface area (Å²) in [6.45, 7) is 0.281. The molecule has 0 aromatic heterocycles. The standard InChI is InChI=1S/C16H18BrN3O3/c17-10-4-5-11-12(6-10)16(23)20(15(11)22)8-14(21)19-13-3-1-2-9(13)7-18/h4-6,9,13H,1-3,7-8,18H2,(H,19,21). The minimum absolute atomic E-state index is 0.0387. The van der Waals surface area contributed by atoms with E-state index in [1.54, 1.807) is 18.2 Å². The van der Waals surface area contributed by atoms with E-state index in [0.717, 1.165) is 28.6 Å². The molecule has 1 saturated carbocycles. The van der Waals surface area contributed by atoms with Crippen LogP contribution in [0.1, 0.15) is 40.0 Å². The van der Waals surface area contributed by atoms with Crippen LogP contribution in [-0.2, 0) is 4.79 Å². The molecule has 1 heterocycles. The molecule has 1 aliphatic carbocycles. The Labute approximate surface area is 142 Å². The van der Waals surface area contributed by atoms with Gasteiger partial charge in [0.15, 0.2) is 0 Å². The summed E-state index contributed by atoms with van der Waals surface area (Å²) < 4.78 is 0.723. The third-order valence-corrected chi connectivity index (χ3v) is 5.04. The van der Waals surface area contributed by atoms with Crippen LogP contribution < -0.4 is 11.1 Å². The van der Waals surface area contributed by atoms with Crippen LogP contribution in [0, 0.1) is 5.92 Å². The zero-order chi connectivity index (χ0) is 16.6. The lowest BCUT2D eigenvalue weighted by molar-refractivity contribution is -0.122. The summed E-state index contributed by atoms with van der Waals surface area (Å²) in [5.74, 6) is -0.890. The van der Waals surface area contributed by atoms with E-state index in [0.29, 0.717) is 17.7 Å². The maximum Gasteiger partial charge on any atom is 0.262 e. The monoisotopic (exact) mass is 379 g/mol. The molecule has 3 N–H and O–H groups in total. The van der Waals surface area contributed by atoms with Crippen LogP contribution in [0.25, 0.3) is 0 Å². The van der Waals surface area contributed by atoms with Crippen molar-refractivity contribution in [2.24, 2.45) is 11.7 Å². The molecule has 3 amide bonds. The average molecular weight is 380 g/mol. The first-order valence-electron chi connectivity index (χ1n) is 7.66. The fourth-order valence-corrected chi connectivity index (χ4v) is 3.67. The van der Waals surface area contributed by atoms with Crippen molar-refractivity contribution in [2.75, 3.05) is 13.1 Å². The number of nitrogens with two attached hydrogens (primary N) is 1. The number of hydrogen-bond acceptors (Lipinski definition) is 4. The lowest BCUT2D eigenvalue weighted by Crippen LogP contribution is -2.46. The number of nitrogens with one attached hydrogen (secondary N) is 1. The van der Waals surface area contributed by atoms with Crippen LogP contribution in [0.15, 0.2) is 22.7 Å². The second-order valence-electron chi connectivity index (χ2n) is 5.99. The van der Waals surface area contributed by atoms with Crippen molar-refractivity contribution in [3.05, 3.63) is 33.8 Å². The van der Waals surface area contributed by atoms with E-state index < -0.39 is 11.8 Å². The van der Waals surface area contributed by atoms with Crippen molar-refractivity contribution in [1.29, 1.82) is 0 Å². The molecule has 122 valence electrons. The topological polar surface area (TPSA) is 92.5 Å². The zero-order valence-electron chi connectivity index (χ0n) is 12.5. The number of imide groups is 1. The van der Waals surface area contributed by atoms with E-state index in [1.807, 2.05) is 0 Å². The van der Waals surface area contributed by atoms with Crippen molar-refractivity contribution < 1.29 is 14.4 Å². The smallest absolute Gasteiger partial charge is 0.262 e. The predicted octanol–water partition coefficient (Wildman–Crippen LogP) is 1.29. The Balaban J connectivity index is 1.68. The molecule has 1 aromatic carbocycles. The molecule has 0 bridgehead atoms. The first-order chi connectivity index (χ1) is 11.0. The van der Waals surface area contributed by atoms with E-state index >= 15 is 0 Å². The highest BCUT2D eigenvalue weighted by Gasteiger charge is 2.37. The fourth-order valence-electron chi connectivity index (χ4n) is 3.31. The van der Waals surface area contributed by atoms with Gasteiger partial charge in [-0.3, -0.25) is 19.3 Å². The van der Waals surface area contributed by atoms with Crippen molar-refractivity contribution in [2.45, 2.75) is 25.3 Å². The highest BCUT2D eigenvalue weighted by Crippen LogP contribution is 2.27. The van der Waals surface area contributed by atoms with Crippen molar-refractivity contribution in [3.63, 3.8) is 0 Å². The largest absolute Gasteiger partial charge is 0.351 e. The number of fused-ring (bicyclic) bond motifs is 1. The third kappa shape index (κ3) is 3.03. The summed E-state index contributed by atoms with van der Waals surface area (Å²) in [5.41, 5.74) is 6.38. The summed E-state index contributed by atoms with van der Waals surface area (Å²) in [6.07, 6.45) is 2.93. The quantitative estimate of drug-likeness (QED) is 0.770. The lowest BCUT2D eigenvalue weighted by atomic mass is 10.0. The van der Waals surface area contributed by atoms with Gasteiger partial charge in [-0.25, -0.2) is 0 Å². The molecule has 0 saturated heterocycles. The molecule has 6 nitrogen and oxygen atoms in total. The number of halogens is 1. The molecule has 23 heavy (non-hydrogen) atoms. The highest BCUT2D eigenvalue weighted by atomic mass is 79.9. The Bertz CT molecular complexity index is 677. The minimum Gasteiger partial charge on any atom is -0.351 e. The Morgan fingerprint density at radius 3 is 2.74 bits per heavy atom. The number of carbonyl (C=O) groups is 3. The van der Waals surface area contributed by atoms with Crippen molar-refractivity contribution in [3.8, 4) is 0 Å². The molecular formula is C16H18BrN3O3. The Morgan fingerprint density at radius 1 is 1.26 bits per heavy atom. The number of nitrogens with zero attached hydrogens (tertiary/aromatic N) is 1. The summed E-state index contributed by atoms with van der Waals surface area (Å²) >= 11 is 3.28. The first-order valence-corrected chi connectivity index (χ1v) is 8.45.